The van der Waals surface area contributed by atoms with Crippen LogP contribution in [0.3, 0.4) is 0 Å². The number of halogens is 4. The van der Waals surface area contributed by atoms with E-state index in [1.165, 1.54) is 36.4 Å². The van der Waals surface area contributed by atoms with Crippen molar-refractivity contribution >= 4 is 22.4 Å². The van der Waals surface area contributed by atoms with E-state index in [0.29, 0.717) is 0 Å². The van der Waals surface area contributed by atoms with Crippen LogP contribution in [0.2, 0.25) is 0 Å². The Morgan fingerprint density at radius 1 is 1.00 bits per heavy atom. The van der Waals surface area contributed by atoms with E-state index in [1.807, 2.05) is 6.07 Å². The van der Waals surface area contributed by atoms with Crippen LogP contribution in [0.4, 0.5) is 23.2 Å². The van der Waals surface area contributed by atoms with Crippen molar-refractivity contribution in [2.24, 2.45) is 0 Å². The molecule has 9 heteroatoms. The van der Waals surface area contributed by atoms with Crippen LogP contribution in [0.15, 0.2) is 76.5 Å². The van der Waals surface area contributed by atoms with Crippen LogP contribution in [0.5, 0.6) is 0 Å². The highest BCUT2D eigenvalue weighted by molar-refractivity contribution is 7.85. The summed E-state index contributed by atoms with van der Waals surface area (Å²) in [6.45, 7) is 0. The predicted molar refractivity (Wildman–Crippen MR) is 102 cm³/mol. The van der Waals surface area contributed by atoms with Gasteiger partial charge in [0.2, 0.25) is 0 Å². The van der Waals surface area contributed by atoms with Gasteiger partial charge in [0, 0.05) is 16.1 Å². The number of rotatable bonds is 4. The van der Waals surface area contributed by atoms with Gasteiger partial charge >= 0.3 is 6.18 Å². The molecule has 0 radical (unpaired) electrons. The minimum absolute atomic E-state index is 0.0107. The van der Waals surface area contributed by atoms with Gasteiger partial charge in [-0.2, -0.15) is 18.4 Å². The first-order chi connectivity index (χ1) is 14.2. The first-order valence-corrected chi connectivity index (χ1v) is 9.54. The monoisotopic (exact) mass is 432 g/mol. The molecule has 0 aliphatic rings. The SMILES string of the molecule is N#Cc1cc(NC(=O)c2ccc(F)cc2)ccc1[S@](=O)c1cccc(C(F)(F)F)c1. The molecule has 3 aromatic rings. The van der Waals surface area contributed by atoms with Gasteiger partial charge in [0.25, 0.3) is 5.91 Å². The molecule has 30 heavy (non-hydrogen) atoms. The molecule has 0 unspecified atom stereocenters. The molecule has 1 atom stereocenters. The fourth-order valence-corrected chi connectivity index (χ4v) is 3.76. The highest BCUT2D eigenvalue weighted by Crippen LogP contribution is 2.31. The molecular formula is C21H12F4N2O2S. The fraction of sp³-hybridized carbons (Fsp3) is 0.0476. The summed E-state index contributed by atoms with van der Waals surface area (Å²) in [6.07, 6.45) is -4.59. The van der Waals surface area contributed by atoms with Gasteiger partial charge in [0.05, 0.1) is 26.8 Å². The van der Waals surface area contributed by atoms with Crippen LogP contribution in [0.25, 0.3) is 0 Å². The van der Waals surface area contributed by atoms with Crippen molar-refractivity contribution in [2.75, 3.05) is 5.32 Å². The fourth-order valence-electron chi connectivity index (χ4n) is 2.58. The first kappa shape index (κ1) is 21.2. The van der Waals surface area contributed by atoms with Crippen LogP contribution in [0.1, 0.15) is 21.5 Å². The quantitative estimate of drug-likeness (QED) is 0.581. The third-order valence-corrected chi connectivity index (χ3v) is 5.48. The molecule has 0 bridgehead atoms. The third-order valence-electron chi connectivity index (χ3n) is 4.04. The largest absolute Gasteiger partial charge is 0.416 e. The maximum atomic E-state index is 13.0. The van der Waals surface area contributed by atoms with E-state index in [0.717, 1.165) is 30.3 Å². The molecule has 1 amide bonds. The van der Waals surface area contributed by atoms with E-state index < -0.39 is 34.3 Å². The Hall–Kier alpha value is -3.51. The third kappa shape index (κ3) is 4.72. The van der Waals surface area contributed by atoms with Gasteiger partial charge in [-0.25, -0.2) is 8.60 Å². The molecular weight excluding hydrogens is 420 g/mol. The second-order valence-electron chi connectivity index (χ2n) is 6.08. The Balaban J connectivity index is 1.87. The van der Waals surface area contributed by atoms with E-state index >= 15 is 0 Å². The Bertz CT molecular complexity index is 1170. The Morgan fingerprint density at radius 2 is 1.70 bits per heavy atom. The molecule has 0 aromatic heterocycles. The Labute approximate surface area is 171 Å². The average molecular weight is 432 g/mol. The zero-order valence-electron chi connectivity index (χ0n) is 15.0. The zero-order chi connectivity index (χ0) is 21.9. The summed E-state index contributed by atoms with van der Waals surface area (Å²) in [5.74, 6) is -1.05. The summed E-state index contributed by atoms with van der Waals surface area (Å²) in [5.41, 5.74) is -0.616. The second-order valence-corrected chi connectivity index (χ2v) is 7.53. The maximum absolute atomic E-state index is 13.0. The Kier molecular flexibility index (Phi) is 5.99. The smallest absolute Gasteiger partial charge is 0.322 e. The van der Waals surface area contributed by atoms with Gasteiger partial charge in [-0.15, -0.1) is 0 Å². The van der Waals surface area contributed by atoms with E-state index in [1.54, 1.807) is 0 Å². The predicted octanol–water partition coefficient (Wildman–Crippen LogP) is 5.14. The molecule has 0 saturated heterocycles. The molecule has 3 aromatic carbocycles. The van der Waals surface area contributed by atoms with Crippen molar-refractivity contribution in [3.8, 4) is 6.07 Å². The van der Waals surface area contributed by atoms with Crippen LogP contribution >= 0.6 is 0 Å². The number of nitrogens with zero attached hydrogens (tertiary/aromatic N) is 1. The van der Waals surface area contributed by atoms with Crippen molar-refractivity contribution < 1.29 is 26.6 Å². The number of alkyl halides is 3. The van der Waals surface area contributed by atoms with Crippen LogP contribution in [-0.4, -0.2) is 10.1 Å². The number of benzene rings is 3. The normalized spacial score (nSPS) is 12.1. The number of carbonyl (C=O) groups excluding carboxylic acids is 1. The highest BCUT2D eigenvalue weighted by atomic mass is 32.2. The summed E-state index contributed by atoms with van der Waals surface area (Å²) < 4.78 is 64.4. The summed E-state index contributed by atoms with van der Waals surface area (Å²) in [7, 11) is -2.04. The van der Waals surface area contributed by atoms with Crippen LogP contribution < -0.4 is 5.32 Å². The van der Waals surface area contributed by atoms with Crippen molar-refractivity contribution in [1.29, 1.82) is 5.26 Å². The van der Waals surface area contributed by atoms with Gasteiger partial charge in [0.1, 0.15) is 11.9 Å². The molecule has 152 valence electrons. The van der Waals surface area contributed by atoms with Crippen LogP contribution in [-0.2, 0) is 17.0 Å². The number of nitrogens with one attached hydrogen (secondary N) is 1. The van der Waals surface area contributed by atoms with Gasteiger partial charge < -0.3 is 5.32 Å². The molecule has 0 fully saturated rings. The molecule has 0 aliphatic heterocycles. The van der Waals surface area contributed by atoms with E-state index in [2.05, 4.69) is 5.32 Å². The molecule has 3 rings (SSSR count). The number of amides is 1. The molecule has 1 N–H and O–H groups in total. The first-order valence-electron chi connectivity index (χ1n) is 8.39. The maximum Gasteiger partial charge on any atom is 0.416 e. The zero-order valence-corrected chi connectivity index (χ0v) is 15.9. The Morgan fingerprint density at radius 3 is 2.33 bits per heavy atom. The van der Waals surface area contributed by atoms with Crippen molar-refractivity contribution in [1.82, 2.24) is 0 Å². The van der Waals surface area contributed by atoms with E-state index in [9.17, 15) is 31.8 Å². The molecule has 0 spiro atoms. The van der Waals surface area contributed by atoms with Gasteiger partial charge in [0.15, 0.2) is 0 Å². The lowest BCUT2D eigenvalue weighted by molar-refractivity contribution is -0.137. The minimum Gasteiger partial charge on any atom is -0.322 e. The summed E-state index contributed by atoms with van der Waals surface area (Å²) >= 11 is 0. The molecule has 0 heterocycles. The number of anilines is 1. The van der Waals surface area contributed by atoms with Gasteiger partial charge in [-0.3, -0.25) is 4.79 Å². The lowest BCUT2D eigenvalue weighted by Gasteiger charge is -2.11. The average Bonchev–Trinajstić information content (AvgIpc) is 2.73. The second kappa shape index (κ2) is 8.47. The van der Waals surface area contributed by atoms with Crippen molar-refractivity contribution in [2.45, 2.75) is 16.0 Å². The van der Waals surface area contributed by atoms with E-state index in [4.69, 9.17) is 0 Å². The van der Waals surface area contributed by atoms with Crippen molar-refractivity contribution in [3.63, 3.8) is 0 Å². The van der Waals surface area contributed by atoms with Gasteiger partial charge in [-0.05, 0) is 60.7 Å². The van der Waals surface area contributed by atoms with Gasteiger partial charge in [-0.1, -0.05) is 6.07 Å². The van der Waals surface area contributed by atoms with Crippen LogP contribution in [0, 0.1) is 17.1 Å². The number of hydrogen-bond acceptors (Lipinski definition) is 3. The lowest BCUT2D eigenvalue weighted by Crippen LogP contribution is -2.12. The standard InChI is InChI=1S/C21H12F4N2O2S/c22-16-6-4-13(5-7-16)20(28)27-17-8-9-19(14(10-17)12-26)30(29)18-3-1-2-15(11-18)21(23,24)25/h1-11H,(H,27,28)/t30-/m1/s1. The van der Waals surface area contributed by atoms with Crippen molar-refractivity contribution in [3.05, 3.63) is 89.2 Å². The summed E-state index contributed by atoms with van der Waals surface area (Å²) in [5, 5.41) is 11.9. The topological polar surface area (TPSA) is 70.0 Å². The number of nitriles is 1. The number of carbonyl (C=O) groups is 1. The lowest BCUT2D eigenvalue weighted by atomic mass is 10.2. The number of hydrogen-bond donors (Lipinski definition) is 1. The van der Waals surface area contributed by atoms with E-state index in [-0.39, 0.29) is 26.6 Å². The summed E-state index contributed by atoms with van der Waals surface area (Å²) in [6, 6.07) is 14.6. The highest BCUT2D eigenvalue weighted by Gasteiger charge is 2.31. The minimum atomic E-state index is -4.59. The molecule has 0 saturated carbocycles. The summed E-state index contributed by atoms with van der Waals surface area (Å²) in [4.78, 5) is 12.1. The molecule has 0 aliphatic carbocycles. The molecule has 4 nitrogen and oxygen atoms in total.